The lowest BCUT2D eigenvalue weighted by Gasteiger charge is -2.22. The summed E-state index contributed by atoms with van der Waals surface area (Å²) in [5.41, 5.74) is 5.39. The molecule has 0 aliphatic rings. The summed E-state index contributed by atoms with van der Waals surface area (Å²) in [7, 11) is 0. The van der Waals surface area contributed by atoms with Crippen LogP contribution in [0.15, 0.2) is 0 Å². The number of hydrogen-bond acceptors (Lipinski definition) is 8. The van der Waals surface area contributed by atoms with E-state index in [9.17, 15) is 33.6 Å². The Kier molecular flexibility index (Phi) is 11.2. The van der Waals surface area contributed by atoms with Gasteiger partial charge >= 0.3 is 23.9 Å². The lowest BCUT2D eigenvalue weighted by Crippen LogP contribution is -2.56. The van der Waals surface area contributed by atoms with Crippen molar-refractivity contribution in [1.82, 2.24) is 16.0 Å². The minimum Gasteiger partial charge on any atom is -0.481 e. The normalized spacial score (nSPS) is 14.3. The van der Waals surface area contributed by atoms with Gasteiger partial charge in [0.15, 0.2) is 0 Å². The van der Waals surface area contributed by atoms with Crippen molar-refractivity contribution in [1.29, 1.82) is 0 Å². The molecule has 0 aromatic rings. The molecular weight excluding hydrogens is 424 g/mol. The number of carboxylic acids is 4. The van der Waals surface area contributed by atoms with E-state index in [1.165, 1.54) is 0 Å². The first kappa shape index (κ1) is 27.2. The molecule has 0 saturated heterocycles. The van der Waals surface area contributed by atoms with Gasteiger partial charge in [0, 0.05) is 6.42 Å². The van der Waals surface area contributed by atoms with Crippen LogP contribution in [-0.2, 0) is 33.6 Å². The first-order valence-electron chi connectivity index (χ1n) is 8.79. The van der Waals surface area contributed by atoms with E-state index in [-0.39, 0.29) is 0 Å². The number of amides is 3. The molecule has 0 rings (SSSR count). The zero-order valence-corrected chi connectivity index (χ0v) is 16.4. The van der Waals surface area contributed by atoms with Crippen molar-refractivity contribution in [2.75, 3.05) is 0 Å². The summed E-state index contributed by atoms with van der Waals surface area (Å²) in [6.45, 7) is 1.14. The van der Waals surface area contributed by atoms with Gasteiger partial charge in [0.2, 0.25) is 17.7 Å². The summed E-state index contributed by atoms with van der Waals surface area (Å²) in [6, 6.07) is -6.17. The van der Waals surface area contributed by atoms with Crippen molar-refractivity contribution in [2.24, 2.45) is 5.73 Å². The van der Waals surface area contributed by atoms with Gasteiger partial charge in [-0.25, -0.2) is 4.79 Å². The van der Waals surface area contributed by atoms with Gasteiger partial charge in [-0.15, -0.1) is 0 Å². The van der Waals surface area contributed by atoms with E-state index in [1.807, 2.05) is 5.32 Å². The molecule has 0 spiro atoms. The Morgan fingerprint density at radius 3 is 1.68 bits per heavy atom. The maximum Gasteiger partial charge on any atom is 0.326 e. The van der Waals surface area contributed by atoms with Crippen molar-refractivity contribution in [2.45, 2.75) is 56.8 Å². The Morgan fingerprint density at radius 2 is 1.23 bits per heavy atom. The van der Waals surface area contributed by atoms with Crippen LogP contribution in [0.3, 0.4) is 0 Å². The molecule has 0 aliphatic heterocycles. The van der Waals surface area contributed by atoms with Crippen LogP contribution in [0.25, 0.3) is 0 Å². The molecule has 4 atom stereocenters. The Bertz CT molecular complexity index is 739. The molecule has 31 heavy (non-hydrogen) atoms. The molecule has 0 bridgehead atoms. The minimum absolute atomic E-state index is 0.419. The maximum atomic E-state index is 12.4. The molecule has 15 nitrogen and oxygen atoms in total. The van der Waals surface area contributed by atoms with Crippen molar-refractivity contribution in [3.63, 3.8) is 0 Å². The van der Waals surface area contributed by atoms with E-state index in [1.54, 1.807) is 0 Å². The summed E-state index contributed by atoms with van der Waals surface area (Å²) >= 11 is 0. The third-order valence-corrected chi connectivity index (χ3v) is 3.76. The topological polar surface area (TPSA) is 263 Å². The molecule has 15 heteroatoms. The molecule has 0 aromatic carbocycles. The van der Waals surface area contributed by atoms with E-state index in [4.69, 9.17) is 26.2 Å². The summed E-state index contributed by atoms with van der Waals surface area (Å²) in [5.74, 6) is -8.90. The molecule has 0 radical (unpaired) electrons. The van der Waals surface area contributed by atoms with E-state index in [0.29, 0.717) is 0 Å². The van der Waals surface area contributed by atoms with Gasteiger partial charge in [-0.2, -0.15) is 0 Å². The number of nitrogens with one attached hydrogen (secondary N) is 3. The summed E-state index contributed by atoms with van der Waals surface area (Å²) in [4.78, 5) is 79.5. The van der Waals surface area contributed by atoms with Crippen molar-refractivity contribution < 1.29 is 54.0 Å². The fourth-order valence-electron chi connectivity index (χ4n) is 2.15. The number of rotatable bonds is 14. The highest BCUT2D eigenvalue weighted by molar-refractivity contribution is 5.95. The molecule has 4 unspecified atom stereocenters. The number of carbonyl (C=O) groups is 7. The number of nitrogens with two attached hydrogens (primary N) is 1. The second kappa shape index (κ2) is 12.7. The zero-order valence-electron chi connectivity index (χ0n) is 16.4. The molecule has 0 fully saturated rings. The lowest BCUT2D eigenvalue weighted by molar-refractivity contribution is -0.147. The van der Waals surface area contributed by atoms with Crippen LogP contribution in [-0.4, -0.2) is 86.2 Å². The molecule has 3 amide bonds. The predicted octanol–water partition coefficient (Wildman–Crippen LogP) is -3.31. The first-order valence-corrected chi connectivity index (χ1v) is 8.79. The lowest BCUT2D eigenvalue weighted by atomic mass is 10.1. The van der Waals surface area contributed by atoms with Crippen molar-refractivity contribution in [3.8, 4) is 0 Å². The van der Waals surface area contributed by atoms with E-state index >= 15 is 0 Å². The minimum atomic E-state index is -1.76. The van der Waals surface area contributed by atoms with Crippen LogP contribution >= 0.6 is 0 Å². The second-order valence-electron chi connectivity index (χ2n) is 6.43. The number of hydrogen-bond donors (Lipinski definition) is 8. The first-order chi connectivity index (χ1) is 14.2. The van der Waals surface area contributed by atoms with Gasteiger partial charge in [-0.05, 0) is 13.3 Å². The van der Waals surface area contributed by atoms with Crippen LogP contribution in [0.5, 0.6) is 0 Å². The molecule has 0 aromatic heterocycles. The molecule has 174 valence electrons. The van der Waals surface area contributed by atoms with Crippen LogP contribution < -0.4 is 21.7 Å². The predicted molar refractivity (Wildman–Crippen MR) is 98.5 cm³/mol. The molecule has 0 saturated carbocycles. The highest BCUT2D eigenvalue weighted by atomic mass is 16.4. The molecule has 9 N–H and O–H groups in total. The third kappa shape index (κ3) is 11.1. The van der Waals surface area contributed by atoms with Gasteiger partial charge in [0.05, 0.1) is 18.9 Å². The summed E-state index contributed by atoms with van der Waals surface area (Å²) in [6.07, 6.45) is -2.65. The van der Waals surface area contributed by atoms with Gasteiger partial charge in [0.25, 0.3) is 0 Å². The summed E-state index contributed by atoms with van der Waals surface area (Å²) < 4.78 is 0. The highest BCUT2D eigenvalue weighted by Crippen LogP contribution is 2.02. The third-order valence-electron chi connectivity index (χ3n) is 3.76. The van der Waals surface area contributed by atoms with E-state index in [2.05, 4.69) is 10.6 Å². The maximum absolute atomic E-state index is 12.4. The smallest absolute Gasteiger partial charge is 0.326 e. The van der Waals surface area contributed by atoms with E-state index in [0.717, 1.165) is 6.92 Å². The Morgan fingerprint density at radius 1 is 0.710 bits per heavy atom. The van der Waals surface area contributed by atoms with Crippen molar-refractivity contribution >= 4 is 41.6 Å². The van der Waals surface area contributed by atoms with Crippen LogP contribution in [0, 0.1) is 0 Å². The van der Waals surface area contributed by atoms with E-state index < -0.39 is 91.4 Å². The molecule has 0 heterocycles. The van der Waals surface area contributed by atoms with Crippen molar-refractivity contribution in [3.05, 3.63) is 0 Å². The average Bonchev–Trinajstić information content (AvgIpc) is 2.62. The fourth-order valence-corrected chi connectivity index (χ4v) is 2.15. The Balaban J connectivity index is 5.16. The van der Waals surface area contributed by atoms with Crippen LogP contribution in [0.1, 0.15) is 32.6 Å². The molecule has 0 aliphatic carbocycles. The number of aliphatic carboxylic acids is 4. The van der Waals surface area contributed by atoms with Gasteiger partial charge in [-0.3, -0.25) is 28.8 Å². The summed E-state index contributed by atoms with van der Waals surface area (Å²) in [5, 5.41) is 41.2. The quantitative estimate of drug-likeness (QED) is 0.130. The Hall–Kier alpha value is -3.75. The van der Waals surface area contributed by atoms with Crippen LogP contribution in [0.2, 0.25) is 0 Å². The van der Waals surface area contributed by atoms with Crippen LogP contribution in [0.4, 0.5) is 0 Å². The van der Waals surface area contributed by atoms with Gasteiger partial charge in [-0.1, -0.05) is 0 Å². The second-order valence-corrected chi connectivity index (χ2v) is 6.43. The zero-order chi connectivity index (χ0) is 24.3. The SMILES string of the molecule is CC(NC(=O)C(CCC(=O)O)NC(=O)C(N)CC(=O)O)C(=O)NC(CC(=O)O)C(=O)O. The van der Waals surface area contributed by atoms with Gasteiger partial charge < -0.3 is 42.1 Å². The van der Waals surface area contributed by atoms with Gasteiger partial charge in [0.1, 0.15) is 18.1 Å². The molecular formula is C16H24N4O11. The fraction of sp³-hybridized carbons (Fsp3) is 0.562. The Labute approximate surface area is 175 Å². The number of carbonyl (C=O) groups excluding carboxylic acids is 3. The standard InChI is InChI=1S/C16H24N4O11/c1-6(13(27)20-9(16(30)31)5-12(25)26)18-15(29)8(2-3-10(21)22)19-14(28)7(17)4-11(23)24/h6-9H,2-5,17H2,1H3,(H,18,29)(H,19,28)(H,20,27)(H,21,22)(H,23,24)(H,25,26)(H,30,31). The highest BCUT2D eigenvalue weighted by Gasteiger charge is 2.29. The monoisotopic (exact) mass is 448 g/mol. The largest absolute Gasteiger partial charge is 0.481 e. The average molecular weight is 448 g/mol. The number of carboxylic acid groups (broad SMARTS) is 4.